The summed E-state index contributed by atoms with van der Waals surface area (Å²) in [5.41, 5.74) is 4.56. The molecule has 14 nitrogen and oxygen atoms in total. The molecule has 1 heterocycles. The van der Waals surface area contributed by atoms with Crippen molar-refractivity contribution in [1.29, 1.82) is 0 Å². The summed E-state index contributed by atoms with van der Waals surface area (Å²) >= 11 is 0. The van der Waals surface area contributed by atoms with Crippen LogP contribution in [0.25, 0.3) is 0 Å². The minimum atomic E-state index is -0.563. The monoisotopic (exact) mass is 836 g/mol. The lowest BCUT2D eigenvalue weighted by molar-refractivity contribution is 0.157. The van der Waals surface area contributed by atoms with Gasteiger partial charge >= 0.3 is 0 Å². The fourth-order valence-electron chi connectivity index (χ4n) is 8.20. The van der Waals surface area contributed by atoms with Crippen molar-refractivity contribution >= 4 is 0 Å². The SMILES string of the molecule is Oc1cc(O)c2c(c1)OCC[C@@H]2c1c(O)cc(O)c2c1CCCC2c1c(O)cc(O)c2c1CCC(O)C2.Oc1ccccc1O.Oc1ccccc1O.Oc1ccccc1O. The molecular weight excluding hydrogens is 789 g/mol. The molecule has 0 saturated carbocycles. The van der Waals surface area contributed by atoms with Crippen LogP contribution in [0.15, 0.2) is 97.1 Å². The van der Waals surface area contributed by atoms with Crippen molar-refractivity contribution in [2.75, 3.05) is 6.61 Å². The molecule has 2 unspecified atom stereocenters. The molecule has 0 radical (unpaired) electrons. The van der Waals surface area contributed by atoms with E-state index < -0.39 is 12.0 Å². The van der Waals surface area contributed by atoms with Crippen LogP contribution in [-0.4, -0.2) is 79.1 Å². The predicted molar refractivity (Wildman–Crippen MR) is 223 cm³/mol. The highest BCUT2D eigenvalue weighted by molar-refractivity contribution is 5.65. The first-order chi connectivity index (χ1) is 29.2. The Labute approximate surface area is 350 Å². The van der Waals surface area contributed by atoms with Gasteiger partial charge in [0.1, 0.15) is 40.2 Å². The van der Waals surface area contributed by atoms with Crippen molar-refractivity contribution in [2.24, 2.45) is 0 Å². The second kappa shape index (κ2) is 18.7. The number of fused-ring (bicyclic) bond motifs is 3. The molecule has 61 heavy (non-hydrogen) atoms. The van der Waals surface area contributed by atoms with Crippen LogP contribution < -0.4 is 4.74 Å². The maximum absolute atomic E-state index is 11.1. The molecule has 0 bridgehead atoms. The molecular formula is C47H48O14. The van der Waals surface area contributed by atoms with E-state index in [0.29, 0.717) is 78.7 Å². The van der Waals surface area contributed by atoms with Crippen molar-refractivity contribution in [3.8, 4) is 74.7 Å². The van der Waals surface area contributed by atoms with Crippen LogP contribution in [-0.2, 0) is 19.3 Å². The first-order valence-electron chi connectivity index (χ1n) is 19.6. The third-order valence-corrected chi connectivity index (χ3v) is 10.9. The number of hydrogen-bond acceptors (Lipinski definition) is 14. The first-order valence-corrected chi connectivity index (χ1v) is 19.6. The largest absolute Gasteiger partial charge is 0.508 e. The molecule has 13 N–H and O–H groups in total. The van der Waals surface area contributed by atoms with E-state index in [1.54, 1.807) is 36.4 Å². The zero-order valence-electron chi connectivity index (χ0n) is 32.8. The number of aliphatic hydroxyl groups excluding tert-OH is 1. The zero-order chi connectivity index (χ0) is 44.0. The van der Waals surface area contributed by atoms with Crippen molar-refractivity contribution in [1.82, 2.24) is 0 Å². The van der Waals surface area contributed by atoms with Gasteiger partial charge in [-0.05, 0) is 86.1 Å². The van der Waals surface area contributed by atoms with Gasteiger partial charge in [0, 0.05) is 70.3 Å². The molecule has 6 aromatic carbocycles. The van der Waals surface area contributed by atoms with Crippen LogP contribution in [0.2, 0.25) is 0 Å². The molecule has 2 aliphatic carbocycles. The molecule has 6 aromatic rings. The van der Waals surface area contributed by atoms with Gasteiger partial charge in [0.2, 0.25) is 0 Å². The molecule has 0 spiro atoms. The van der Waals surface area contributed by atoms with Gasteiger partial charge in [-0.15, -0.1) is 0 Å². The van der Waals surface area contributed by atoms with Gasteiger partial charge in [-0.25, -0.2) is 0 Å². The van der Waals surface area contributed by atoms with E-state index in [9.17, 15) is 35.7 Å². The van der Waals surface area contributed by atoms with Gasteiger partial charge in [-0.2, -0.15) is 0 Å². The van der Waals surface area contributed by atoms with Crippen LogP contribution in [0.5, 0.6) is 74.7 Å². The van der Waals surface area contributed by atoms with E-state index >= 15 is 0 Å². The number of hydrogen-bond donors (Lipinski definition) is 13. The number of phenolic OH excluding ortho intramolecular Hbond substituents is 12. The van der Waals surface area contributed by atoms with Crippen molar-refractivity contribution in [3.05, 3.63) is 136 Å². The van der Waals surface area contributed by atoms with Crippen LogP contribution in [0.3, 0.4) is 0 Å². The summed E-state index contributed by atoms with van der Waals surface area (Å²) in [6.07, 6.45) is 3.21. The highest BCUT2D eigenvalue weighted by Crippen LogP contribution is 2.55. The highest BCUT2D eigenvalue weighted by Gasteiger charge is 2.38. The molecule has 1 aliphatic heterocycles. The van der Waals surface area contributed by atoms with Crippen LogP contribution >= 0.6 is 0 Å². The lowest BCUT2D eigenvalue weighted by atomic mass is 9.70. The second-order valence-electron chi connectivity index (χ2n) is 14.9. The summed E-state index contributed by atoms with van der Waals surface area (Å²) in [5.74, 6) is -1.39. The van der Waals surface area contributed by atoms with Gasteiger partial charge < -0.3 is 71.1 Å². The van der Waals surface area contributed by atoms with Gasteiger partial charge in [0.25, 0.3) is 0 Å². The number of benzene rings is 6. The first kappa shape index (κ1) is 43.3. The predicted octanol–water partition coefficient (Wildman–Crippen LogP) is 7.45. The highest BCUT2D eigenvalue weighted by atomic mass is 16.5. The van der Waals surface area contributed by atoms with E-state index in [-0.39, 0.29) is 74.9 Å². The number of aromatic hydroxyl groups is 12. The third-order valence-electron chi connectivity index (χ3n) is 10.9. The topological polar surface area (TPSA) is 272 Å². The number of rotatable bonds is 2. The lowest BCUT2D eigenvalue weighted by Crippen LogP contribution is -2.23. The van der Waals surface area contributed by atoms with E-state index in [1.165, 1.54) is 60.7 Å². The molecule has 9 rings (SSSR count). The van der Waals surface area contributed by atoms with E-state index in [1.807, 2.05) is 0 Å². The van der Waals surface area contributed by atoms with Gasteiger partial charge in [0.15, 0.2) is 34.5 Å². The molecule has 320 valence electrons. The summed E-state index contributed by atoms with van der Waals surface area (Å²) in [6.45, 7) is 0.327. The molecule has 3 aliphatic rings. The van der Waals surface area contributed by atoms with Crippen LogP contribution in [0.1, 0.15) is 76.5 Å². The van der Waals surface area contributed by atoms with E-state index in [0.717, 1.165) is 17.5 Å². The van der Waals surface area contributed by atoms with Crippen molar-refractivity contribution in [2.45, 2.75) is 62.9 Å². The maximum Gasteiger partial charge on any atom is 0.157 e. The lowest BCUT2D eigenvalue weighted by Gasteiger charge is -2.35. The number of aliphatic hydroxyl groups is 1. The fourth-order valence-corrected chi connectivity index (χ4v) is 8.20. The normalized spacial score (nSPS) is 17.2. The molecule has 3 atom stereocenters. The Bertz CT molecular complexity index is 2330. The van der Waals surface area contributed by atoms with Gasteiger partial charge in [-0.3, -0.25) is 0 Å². The minimum absolute atomic E-state index is 0.0424. The minimum Gasteiger partial charge on any atom is -0.508 e. The summed E-state index contributed by atoms with van der Waals surface area (Å²) in [6, 6.07) is 23.8. The number of ether oxygens (including phenoxy) is 1. The number of phenols is 12. The smallest absolute Gasteiger partial charge is 0.157 e. The summed E-state index contributed by atoms with van der Waals surface area (Å²) in [4.78, 5) is 0. The Balaban J connectivity index is 0.000000208. The second-order valence-corrected chi connectivity index (χ2v) is 14.9. The number of para-hydroxylation sites is 6. The van der Waals surface area contributed by atoms with Crippen LogP contribution in [0, 0.1) is 0 Å². The molecule has 14 heteroatoms. The fraction of sp³-hybridized carbons (Fsp3) is 0.234. The van der Waals surface area contributed by atoms with Gasteiger partial charge in [-0.1, -0.05) is 36.4 Å². The van der Waals surface area contributed by atoms with E-state index in [4.69, 9.17) is 35.4 Å². The average Bonchev–Trinajstić information content (AvgIpc) is 3.22. The summed E-state index contributed by atoms with van der Waals surface area (Å²) in [5, 5.41) is 127. The quantitative estimate of drug-likeness (QED) is 0.0756. The standard InChI is InChI=1S/C29H30O8.3C6H6O2/c30-13-4-5-15-19(8-13)20(32)11-22(34)26(15)16-2-1-3-17-27(16)23(35)12-24(36)28(17)18-6-7-37-25-10-14(31)9-21(33)29(18)25;3*7-5-3-1-2-4-6(5)8/h9-13,16,18,30-36H,1-8H2;3*1-4,7-8H/t13?,16?,18-;;;/m1.../s1. The van der Waals surface area contributed by atoms with Gasteiger partial charge in [0.05, 0.1) is 12.7 Å². The summed E-state index contributed by atoms with van der Waals surface area (Å²) in [7, 11) is 0. The molecule has 0 amide bonds. The van der Waals surface area contributed by atoms with Crippen molar-refractivity contribution in [3.63, 3.8) is 0 Å². The summed E-state index contributed by atoms with van der Waals surface area (Å²) < 4.78 is 5.70. The van der Waals surface area contributed by atoms with Crippen LogP contribution in [0.4, 0.5) is 0 Å². The maximum atomic E-state index is 11.1. The Morgan fingerprint density at radius 2 is 0.820 bits per heavy atom. The Hall–Kier alpha value is -7.32. The zero-order valence-corrected chi connectivity index (χ0v) is 32.8. The molecule has 0 fully saturated rings. The Kier molecular flexibility index (Phi) is 13.3. The molecule has 0 saturated heterocycles. The average molecular weight is 837 g/mol. The van der Waals surface area contributed by atoms with E-state index in [2.05, 4.69) is 0 Å². The van der Waals surface area contributed by atoms with Crippen molar-refractivity contribution < 1.29 is 71.1 Å². The Morgan fingerprint density at radius 1 is 0.393 bits per heavy atom. The molecule has 0 aromatic heterocycles. The third kappa shape index (κ3) is 9.61. The Morgan fingerprint density at radius 3 is 1.30 bits per heavy atom.